The van der Waals surface area contributed by atoms with Gasteiger partial charge >= 0.3 is 7.12 Å². The first-order chi connectivity index (χ1) is 12.7. The van der Waals surface area contributed by atoms with Crippen molar-refractivity contribution in [3.05, 3.63) is 17.0 Å². The van der Waals surface area contributed by atoms with E-state index in [1.54, 1.807) is 13.8 Å². The number of hydrogen-bond donors (Lipinski definition) is 2. The molecule has 0 aliphatic rings. The van der Waals surface area contributed by atoms with Crippen molar-refractivity contribution in [2.75, 3.05) is 0 Å². The van der Waals surface area contributed by atoms with E-state index in [1.807, 2.05) is 19.2 Å². The molecule has 0 aliphatic carbocycles. The second kappa shape index (κ2) is 12.3. The van der Waals surface area contributed by atoms with Crippen molar-refractivity contribution in [1.82, 2.24) is 0 Å². The van der Waals surface area contributed by atoms with E-state index in [1.165, 1.54) is 74.7 Å². The Morgan fingerprint density at radius 1 is 0.926 bits per heavy atom. The van der Waals surface area contributed by atoms with Crippen molar-refractivity contribution in [1.29, 1.82) is 0 Å². The van der Waals surface area contributed by atoms with E-state index in [4.69, 9.17) is 4.65 Å². The highest BCUT2D eigenvalue weighted by molar-refractivity contribution is 7.20. The molecule has 0 fully saturated rings. The van der Waals surface area contributed by atoms with E-state index in [9.17, 15) is 10.1 Å². The molecule has 0 bridgehead atoms. The quantitative estimate of drug-likeness (QED) is 0.306. The average Bonchev–Trinajstić information content (AvgIpc) is 3.04. The Morgan fingerprint density at radius 2 is 1.44 bits per heavy atom. The molecular formula is C22H41BO3S. The third-order valence-corrected chi connectivity index (χ3v) is 6.67. The maximum atomic E-state index is 10.5. The molecule has 27 heavy (non-hydrogen) atoms. The second-order valence-electron chi connectivity index (χ2n) is 8.78. The van der Waals surface area contributed by atoms with Crippen LogP contribution in [0.15, 0.2) is 11.4 Å². The van der Waals surface area contributed by atoms with Crippen molar-refractivity contribution in [2.45, 2.75) is 116 Å². The highest BCUT2D eigenvalue weighted by atomic mass is 32.1. The fraction of sp³-hybridized carbons (Fsp3) is 0.818. The van der Waals surface area contributed by atoms with Crippen LogP contribution in [-0.4, -0.2) is 28.5 Å². The molecule has 0 atom stereocenters. The van der Waals surface area contributed by atoms with Crippen LogP contribution >= 0.6 is 11.3 Å². The Kier molecular flexibility index (Phi) is 11.2. The molecule has 0 saturated heterocycles. The van der Waals surface area contributed by atoms with Gasteiger partial charge in [0.2, 0.25) is 0 Å². The van der Waals surface area contributed by atoms with Crippen LogP contribution in [-0.2, 0) is 11.1 Å². The van der Waals surface area contributed by atoms with Gasteiger partial charge in [-0.15, -0.1) is 0 Å². The number of aryl methyl sites for hydroxylation is 1. The zero-order chi connectivity index (χ0) is 20.3. The highest BCUT2D eigenvalue weighted by Gasteiger charge is 2.40. The summed E-state index contributed by atoms with van der Waals surface area (Å²) >= 11 is 1.53. The van der Waals surface area contributed by atoms with Crippen LogP contribution in [0, 0.1) is 0 Å². The van der Waals surface area contributed by atoms with Gasteiger partial charge in [0, 0.05) is 4.78 Å². The zero-order valence-electron chi connectivity index (χ0n) is 18.2. The van der Waals surface area contributed by atoms with Gasteiger partial charge in [0.25, 0.3) is 0 Å². The molecule has 0 unspecified atom stereocenters. The highest BCUT2D eigenvalue weighted by Crippen LogP contribution is 2.26. The molecule has 0 spiro atoms. The maximum absolute atomic E-state index is 10.5. The van der Waals surface area contributed by atoms with Crippen LogP contribution in [0.25, 0.3) is 0 Å². The SMILES string of the molecule is CCCCCCCCCCCCc1ccsc1B(O)OC(C)(C)C(C)(C)O. The monoisotopic (exact) mass is 396 g/mol. The second-order valence-corrected chi connectivity index (χ2v) is 9.73. The number of thiophene rings is 1. The van der Waals surface area contributed by atoms with Gasteiger partial charge in [0.15, 0.2) is 0 Å². The summed E-state index contributed by atoms with van der Waals surface area (Å²) in [6.07, 6.45) is 14.3. The van der Waals surface area contributed by atoms with Crippen molar-refractivity contribution in [3.8, 4) is 0 Å². The van der Waals surface area contributed by atoms with Crippen LogP contribution in [0.1, 0.15) is 104 Å². The lowest BCUT2D eigenvalue weighted by molar-refractivity contribution is -0.0982. The van der Waals surface area contributed by atoms with Gasteiger partial charge in [0.1, 0.15) is 0 Å². The van der Waals surface area contributed by atoms with E-state index in [-0.39, 0.29) is 0 Å². The first-order valence-corrected chi connectivity index (χ1v) is 11.7. The molecule has 2 N–H and O–H groups in total. The van der Waals surface area contributed by atoms with Gasteiger partial charge in [-0.1, -0.05) is 64.7 Å². The standard InChI is InChI=1S/C22H41BO3S/c1-6-7-8-9-10-11-12-13-14-15-16-19-17-18-27-20(19)23(25)26-22(4,5)21(2,3)24/h17-18,24-25H,6-16H2,1-5H3. The molecule has 0 saturated carbocycles. The minimum absolute atomic E-state index is 0.829. The molecule has 156 valence electrons. The lowest BCUT2D eigenvalue weighted by Gasteiger charge is -2.38. The third-order valence-electron chi connectivity index (χ3n) is 5.68. The Morgan fingerprint density at radius 3 is 1.96 bits per heavy atom. The Hall–Kier alpha value is -0.355. The van der Waals surface area contributed by atoms with E-state index in [0.717, 1.165) is 17.6 Å². The molecule has 5 heteroatoms. The predicted molar refractivity (Wildman–Crippen MR) is 119 cm³/mol. The zero-order valence-corrected chi connectivity index (χ0v) is 19.0. The fourth-order valence-electron chi connectivity index (χ4n) is 3.05. The molecule has 1 rings (SSSR count). The predicted octanol–water partition coefficient (Wildman–Crippen LogP) is 5.47. The molecule has 0 radical (unpaired) electrons. The van der Waals surface area contributed by atoms with Gasteiger partial charge in [0.05, 0.1) is 11.2 Å². The smallest absolute Gasteiger partial charge is 0.423 e. The molecule has 1 aromatic rings. The lowest BCUT2D eigenvalue weighted by Crippen LogP contribution is -2.53. The summed E-state index contributed by atoms with van der Waals surface area (Å²) in [5, 5.41) is 22.8. The van der Waals surface area contributed by atoms with Gasteiger partial charge in [-0.05, 0) is 57.5 Å². The molecule has 3 nitrogen and oxygen atoms in total. The van der Waals surface area contributed by atoms with Gasteiger partial charge in [-0.3, -0.25) is 0 Å². The van der Waals surface area contributed by atoms with Crippen molar-refractivity contribution in [2.24, 2.45) is 0 Å². The van der Waals surface area contributed by atoms with Gasteiger partial charge in [-0.2, -0.15) is 11.3 Å². The van der Waals surface area contributed by atoms with Crippen LogP contribution < -0.4 is 4.78 Å². The molecular weight excluding hydrogens is 355 g/mol. The summed E-state index contributed by atoms with van der Waals surface area (Å²) in [5.74, 6) is 0. The van der Waals surface area contributed by atoms with Crippen LogP contribution in [0.2, 0.25) is 0 Å². The summed E-state index contributed by atoms with van der Waals surface area (Å²) in [7, 11) is -0.982. The molecule has 0 amide bonds. The van der Waals surface area contributed by atoms with Crippen LogP contribution in [0.3, 0.4) is 0 Å². The van der Waals surface area contributed by atoms with Gasteiger partial charge in [-0.25, -0.2) is 0 Å². The molecule has 1 aromatic heterocycles. The van der Waals surface area contributed by atoms with Gasteiger partial charge < -0.3 is 14.8 Å². The number of rotatable bonds is 15. The molecule has 0 aliphatic heterocycles. The summed E-state index contributed by atoms with van der Waals surface area (Å²) in [4.78, 5) is 0. The van der Waals surface area contributed by atoms with E-state index >= 15 is 0 Å². The van der Waals surface area contributed by atoms with Crippen LogP contribution in [0.4, 0.5) is 0 Å². The Labute approximate surface area is 171 Å². The van der Waals surface area contributed by atoms with E-state index in [0.29, 0.717) is 0 Å². The normalized spacial score (nSPS) is 12.6. The summed E-state index contributed by atoms with van der Waals surface area (Å²) in [6.45, 7) is 9.30. The summed E-state index contributed by atoms with van der Waals surface area (Å²) < 4.78 is 6.68. The minimum Gasteiger partial charge on any atom is -0.423 e. The first kappa shape index (κ1) is 24.7. The van der Waals surface area contributed by atoms with Crippen molar-refractivity contribution >= 4 is 23.2 Å². The topological polar surface area (TPSA) is 49.7 Å². The van der Waals surface area contributed by atoms with Crippen molar-refractivity contribution < 1.29 is 14.8 Å². The van der Waals surface area contributed by atoms with Crippen LogP contribution in [0.5, 0.6) is 0 Å². The largest absolute Gasteiger partial charge is 0.502 e. The maximum Gasteiger partial charge on any atom is 0.502 e. The number of aliphatic hydroxyl groups is 1. The summed E-state index contributed by atoms with van der Waals surface area (Å²) in [6, 6.07) is 2.09. The molecule has 1 heterocycles. The number of unbranched alkanes of at least 4 members (excludes halogenated alkanes) is 9. The minimum atomic E-state index is -1.03. The van der Waals surface area contributed by atoms with E-state index in [2.05, 4.69) is 13.0 Å². The fourth-order valence-corrected chi connectivity index (χ4v) is 3.92. The number of hydrogen-bond acceptors (Lipinski definition) is 4. The van der Waals surface area contributed by atoms with E-state index < -0.39 is 18.3 Å². The Bertz CT molecular complexity index is 508. The third kappa shape index (κ3) is 9.12. The average molecular weight is 396 g/mol. The first-order valence-electron chi connectivity index (χ1n) is 10.8. The summed E-state index contributed by atoms with van der Waals surface area (Å²) in [5.41, 5.74) is -0.675. The molecule has 0 aromatic carbocycles. The Balaban J connectivity index is 2.29. The van der Waals surface area contributed by atoms with Crippen molar-refractivity contribution in [3.63, 3.8) is 0 Å². The lowest BCUT2D eigenvalue weighted by atomic mass is 9.80.